The van der Waals surface area contributed by atoms with Crippen molar-refractivity contribution in [3.63, 3.8) is 0 Å². The van der Waals surface area contributed by atoms with Crippen LogP contribution in [-0.2, 0) is 10.2 Å². The highest BCUT2D eigenvalue weighted by Gasteiger charge is 2.45. The number of carbonyl (C=O) groups excluding carboxylic acids is 2. The topological polar surface area (TPSA) is 49.4 Å². The van der Waals surface area contributed by atoms with Gasteiger partial charge in [0.05, 0.1) is 5.41 Å². The van der Waals surface area contributed by atoms with E-state index >= 15 is 0 Å². The zero-order valence-electron chi connectivity index (χ0n) is 17.7. The zero-order chi connectivity index (χ0) is 21.3. The zero-order valence-corrected chi connectivity index (χ0v) is 18.5. The average molecular weight is 425 g/mol. The van der Waals surface area contributed by atoms with Gasteiger partial charge in [0.25, 0.3) is 5.91 Å². The highest BCUT2D eigenvalue weighted by Crippen LogP contribution is 2.45. The predicted octanol–water partition coefficient (Wildman–Crippen LogP) is 5.72. The number of rotatable bonds is 4. The molecule has 1 aliphatic carbocycles. The van der Waals surface area contributed by atoms with Crippen LogP contribution in [0.3, 0.4) is 0 Å². The molecule has 4 nitrogen and oxygen atoms in total. The van der Waals surface area contributed by atoms with Crippen molar-refractivity contribution in [2.75, 3.05) is 11.9 Å². The summed E-state index contributed by atoms with van der Waals surface area (Å²) < 4.78 is 0. The Morgan fingerprint density at radius 1 is 1.10 bits per heavy atom. The van der Waals surface area contributed by atoms with Gasteiger partial charge in [0, 0.05) is 28.9 Å². The maximum absolute atomic E-state index is 13.3. The predicted molar refractivity (Wildman–Crippen MR) is 121 cm³/mol. The summed E-state index contributed by atoms with van der Waals surface area (Å²) in [5.41, 5.74) is 2.81. The van der Waals surface area contributed by atoms with Crippen LogP contribution in [0.15, 0.2) is 42.5 Å². The highest BCUT2D eigenvalue weighted by molar-refractivity contribution is 6.30. The van der Waals surface area contributed by atoms with E-state index in [2.05, 4.69) is 12.2 Å². The Balaban J connectivity index is 1.52. The van der Waals surface area contributed by atoms with E-state index in [1.54, 1.807) is 0 Å². The fourth-order valence-electron chi connectivity index (χ4n) is 4.71. The van der Waals surface area contributed by atoms with E-state index in [0.717, 1.165) is 55.5 Å². The molecule has 0 bridgehead atoms. The molecule has 1 saturated carbocycles. The molecule has 1 saturated heterocycles. The summed E-state index contributed by atoms with van der Waals surface area (Å²) in [5, 5.41) is 3.77. The van der Waals surface area contributed by atoms with Gasteiger partial charge in [-0.05, 0) is 87.4 Å². The molecule has 5 heteroatoms. The van der Waals surface area contributed by atoms with Gasteiger partial charge in [-0.2, -0.15) is 0 Å². The molecule has 0 aromatic heterocycles. The maximum atomic E-state index is 13.3. The fraction of sp³-hybridized carbons (Fsp3) is 0.440. The standard InChI is InChI=1S/C25H29ClN2O2/c1-17-15-19(23(29)28-14-4-3-7-18(28)2)10-11-22(17)27-24(30)25(12-6-13-25)20-8-5-9-21(26)16-20/h5,8-11,15-16,18H,3-4,6-7,12-14H2,1-2H3,(H,27,30). The number of nitrogens with zero attached hydrogens (tertiary/aromatic N) is 1. The molecule has 2 aromatic carbocycles. The fourth-order valence-corrected chi connectivity index (χ4v) is 4.90. The minimum atomic E-state index is -0.519. The molecule has 0 radical (unpaired) electrons. The van der Waals surface area contributed by atoms with Crippen LogP contribution < -0.4 is 5.32 Å². The largest absolute Gasteiger partial charge is 0.336 e. The Labute approximate surface area is 183 Å². The molecule has 2 amide bonds. The molecule has 158 valence electrons. The first-order chi connectivity index (χ1) is 14.4. The molecule has 0 spiro atoms. The number of nitrogens with one attached hydrogen (secondary N) is 1. The van der Waals surface area contributed by atoms with Crippen molar-refractivity contribution in [2.45, 2.75) is 63.8 Å². The van der Waals surface area contributed by atoms with Crippen molar-refractivity contribution in [3.8, 4) is 0 Å². The van der Waals surface area contributed by atoms with Crippen LogP contribution in [0.4, 0.5) is 5.69 Å². The lowest BCUT2D eigenvalue weighted by Crippen LogP contribution is -2.46. The first-order valence-corrected chi connectivity index (χ1v) is 11.3. The Kier molecular flexibility index (Phi) is 5.88. The molecule has 1 N–H and O–H groups in total. The summed E-state index contributed by atoms with van der Waals surface area (Å²) in [6.45, 7) is 4.88. The van der Waals surface area contributed by atoms with E-state index in [4.69, 9.17) is 11.6 Å². The van der Waals surface area contributed by atoms with Crippen LogP contribution >= 0.6 is 11.6 Å². The second-order valence-electron chi connectivity index (χ2n) is 8.77. The SMILES string of the molecule is Cc1cc(C(=O)N2CCCCC2C)ccc1NC(=O)C1(c2cccc(Cl)c2)CCC1. The number of benzene rings is 2. The number of likely N-dealkylation sites (tertiary alicyclic amines) is 1. The van der Waals surface area contributed by atoms with E-state index in [9.17, 15) is 9.59 Å². The van der Waals surface area contributed by atoms with Crippen molar-refractivity contribution in [1.29, 1.82) is 0 Å². The third-order valence-electron chi connectivity index (χ3n) is 6.80. The van der Waals surface area contributed by atoms with E-state index in [0.29, 0.717) is 10.6 Å². The highest BCUT2D eigenvalue weighted by atomic mass is 35.5. The number of aryl methyl sites for hydroxylation is 1. The Hall–Kier alpha value is -2.33. The number of amides is 2. The second kappa shape index (κ2) is 8.43. The van der Waals surface area contributed by atoms with E-state index in [1.165, 1.54) is 6.42 Å². The molecular weight excluding hydrogens is 396 g/mol. The van der Waals surface area contributed by atoms with Crippen molar-refractivity contribution < 1.29 is 9.59 Å². The summed E-state index contributed by atoms with van der Waals surface area (Å²) in [7, 11) is 0. The molecule has 1 aliphatic heterocycles. The van der Waals surface area contributed by atoms with E-state index in [-0.39, 0.29) is 17.9 Å². The van der Waals surface area contributed by atoms with Gasteiger partial charge in [-0.15, -0.1) is 0 Å². The molecule has 1 heterocycles. The number of hydrogen-bond donors (Lipinski definition) is 1. The lowest BCUT2D eigenvalue weighted by Gasteiger charge is -2.41. The first-order valence-electron chi connectivity index (χ1n) is 10.9. The van der Waals surface area contributed by atoms with Crippen LogP contribution in [0.1, 0.15) is 66.9 Å². The molecule has 30 heavy (non-hydrogen) atoms. The normalized spacial score (nSPS) is 20.4. The molecular formula is C25H29ClN2O2. The summed E-state index contributed by atoms with van der Waals surface area (Å²) in [6, 6.07) is 13.5. The summed E-state index contributed by atoms with van der Waals surface area (Å²) in [4.78, 5) is 28.2. The monoisotopic (exact) mass is 424 g/mol. The van der Waals surface area contributed by atoms with Crippen molar-refractivity contribution in [2.24, 2.45) is 0 Å². The average Bonchev–Trinajstić information content (AvgIpc) is 2.68. The smallest absolute Gasteiger partial charge is 0.254 e. The lowest BCUT2D eigenvalue weighted by molar-refractivity contribution is -0.124. The van der Waals surface area contributed by atoms with Crippen LogP contribution in [0, 0.1) is 6.92 Å². The second-order valence-corrected chi connectivity index (χ2v) is 9.21. The minimum absolute atomic E-state index is 0.00264. The molecule has 2 aromatic rings. The lowest BCUT2D eigenvalue weighted by atomic mass is 9.63. The minimum Gasteiger partial charge on any atom is -0.336 e. The number of piperidine rings is 1. The molecule has 1 unspecified atom stereocenters. The van der Waals surface area contributed by atoms with Crippen LogP contribution in [0.2, 0.25) is 5.02 Å². The number of carbonyl (C=O) groups is 2. The van der Waals surface area contributed by atoms with Gasteiger partial charge < -0.3 is 10.2 Å². The van der Waals surface area contributed by atoms with Crippen molar-refractivity contribution in [1.82, 2.24) is 4.90 Å². The molecule has 1 atom stereocenters. The number of anilines is 1. The molecule has 4 rings (SSSR count). The quantitative estimate of drug-likeness (QED) is 0.681. The van der Waals surface area contributed by atoms with Gasteiger partial charge in [0.15, 0.2) is 0 Å². The Morgan fingerprint density at radius 3 is 2.53 bits per heavy atom. The number of hydrogen-bond acceptors (Lipinski definition) is 2. The first kappa shape index (κ1) is 20.9. The molecule has 2 fully saturated rings. The van der Waals surface area contributed by atoms with Crippen LogP contribution in [-0.4, -0.2) is 29.3 Å². The van der Waals surface area contributed by atoms with Gasteiger partial charge in [-0.3, -0.25) is 9.59 Å². The summed E-state index contributed by atoms with van der Waals surface area (Å²) in [6.07, 6.45) is 5.98. The van der Waals surface area contributed by atoms with Crippen molar-refractivity contribution in [3.05, 3.63) is 64.2 Å². The maximum Gasteiger partial charge on any atom is 0.254 e. The Bertz CT molecular complexity index is 967. The van der Waals surface area contributed by atoms with E-state index in [1.807, 2.05) is 54.3 Å². The van der Waals surface area contributed by atoms with Gasteiger partial charge >= 0.3 is 0 Å². The third kappa shape index (κ3) is 3.85. The number of halogens is 1. The third-order valence-corrected chi connectivity index (χ3v) is 7.04. The van der Waals surface area contributed by atoms with Gasteiger partial charge in [0.1, 0.15) is 0 Å². The van der Waals surface area contributed by atoms with Gasteiger partial charge in [0.2, 0.25) is 5.91 Å². The Morgan fingerprint density at radius 2 is 1.90 bits per heavy atom. The summed E-state index contributed by atoms with van der Waals surface area (Å²) >= 11 is 6.18. The van der Waals surface area contributed by atoms with Crippen LogP contribution in [0.25, 0.3) is 0 Å². The van der Waals surface area contributed by atoms with E-state index < -0.39 is 5.41 Å². The molecule has 2 aliphatic rings. The summed E-state index contributed by atoms with van der Waals surface area (Å²) in [5.74, 6) is 0.0837. The van der Waals surface area contributed by atoms with Crippen molar-refractivity contribution >= 4 is 29.1 Å². The van der Waals surface area contributed by atoms with Crippen LogP contribution in [0.5, 0.6) is 0 Å². The van der Waals surface area contributed by atoms with Gasteiger partial charge in [-0.25, -0.2) is 0 Å². The van der Waals surface area contributed by atoms with Gasteiger partial charge in [-0.1, -0.05) is 30.2 Å².